The lowest BCUT2D eigenvalue weighted by atomic mass is 9.51. The number of hydrogen-bond acceptors (Lipinski definition) is 6. The van der Waals surface area contributed by atoms with Gasteiger partial charge in [-0.05, 0) is 19.8 Å². The first kappa shape index (κ1) is 15.6. The number of rotatable bonds is 2. The van der Waals surface area contributed by atoms with Crippen molar-refractivity contribution in [3.05, 3.63) is 11.6 Å². The molecule has 7 atom stereocenters. The van der Waals surface area contributed by atoms with Gasteiger partial charge in [0.1, 0.15) is 17.8 Å². The Morgan fingerprint density at radius 3 is 2.78 bits per heavy atom. The fourth-order valence-electron chi connectivity index (χ4n) is 5.35. The summed E-state index contributed by atoms with van der Waals surface area (Å²) in [5.41, 5.74) is -0.813. The number of epoxide rings is 1. The van der Waals surface area contributed by atoms with Gasteiger partial charge in [0, 0.05) is 17.8 Å². The van der Waals surface area contributed by atoms with Crippen molar-refractivity contribution in [2.24, 2.45) is 10.8 Å². The highest BCUT2D eigenvalue weighted by atomic mass is 16.7. The van der Waals surface area contributed by atoms with Gasteiger partial charge in [-0.1, -0.05) is 18.6 Å². The zero-order valence-electron chi connectivity index (χ0n) is 13.7. The molecule has 128 valence electrons. The summed E-state index contributed by atoms with van der Waals surface area (Å²) < 4.78 is 17.5. The highest BCUT2D eigenvalue weighted by molar-refractivity contribution is 5.66. The van der Waals surface area contributed by atoms with Crippen LogP contribution in [0.4, 0.5) is 0 Å². The highest BCUT2D eigenvalue weighted by Crippen LogP contribution is 2.71. The Bertz CT molecular complexity index is 582. The molecular formula is C17H24O6. The fraction of sp³-hybridized carbons (Fsp3) is 0.824. The molecule has 2 N–H and O–H groups in total. The van der Waals surface area contributed by atoms with Gasteiger partial charge in [-0.25, -0.2) is 0 Å². The monoisotopic (exact) mass is 324 g/mol. The van der Waals surface area contributed by atoms with Crippen molar-refractivity contribution in [3.8, 4) is 0 Å². The second kappa shape index (κ2) is 4.57. The first-order chi connectivity index (χ1) is 10.8. The lowest BCUT2D eigenvalue weighted by Crippen LogP contribution is -2.66. The maximum absolute atomic E-state index is 11.5. The van der Waals surface area contributed by atoms with Crippen molar-refractivity contribution in [2.45, 2.75) is 63.6 Å². The average molecular weight is 324 g/mol. The third kappa shape index (κ3) is 1.60. The largest absolute Gasteiger partial charge is 0.457 e. The van der Waals surface area contributed by atoms with Crippen LogP contribution >= 0.6 is 0 Å². The number of esters is 1. The Morgan fingerprint density at radius 1 is 1.52 bits per heavy atom. The van der Waals surface area contributed by atoms with Crippen molar-refractivity contribution in [2.75, 3.05) is 13.2 Å². The number of carbonyl (C=O) groups excluding carboxylic acids is 1. The van der Waals surface area contributed by atoms with E-state index in [9.17, 15) is 15.0 Å². The first-order valence-electron chi connectivity index (χ1n) is 8.25. The van der Waals surface area contributed by atoms with Gasteiger partial charge in [0.15, 0.2) is 6.10 Å². The summed E-state index contributed by atoms with van der Waals surface area (Å²) in [7, 11) is 0. The van der Waals surface area contributed by atoms with Gasteiger partial charge in [0.25, 0.3) is 0 Å². The predicted octanol–water partition coefficient (Wildman–Crippen LogP) is 0.554. The first-order valence-corrected chi connectivity index (χ1v) is 8.25. The SMILES string of the molecule is CC(=O)O[C@@H]1[C@@H](O)[C@]2(C)[C@@]3(CO)CCC(C)=C[C@H]3O[C@H]1[C@@]21CO1. The molecular weight excluding hydrogens is 300 g/mol. The molecule has 2 aliphatic heterocycles. The van der Waals surface area contributed by atoms with Crippen LogP contribution in [-0.4, -0.2) is 59.4 Å². The zero-order chi connectivity index (χ0) is 16.6. The second-order valence-corrected chi connectivity index (χ2v) is 7.70. The molecule has 1 spiro atoms. The molecule has 2 heterocycles. The van der Waals surface area contributed by atoms with E-state index < -0.39 is 40.7 Å². The van der Waals surface area contributed by atoms with Crippen molar-refractivity contribution in [3.63, 3.8) is 0 Å². The van der Waals surface area contributed by atoms with Crippen LogP contribution in [0.5, 0.6) is 0 Å². The highest BCUT2D eigenvalue weighted by Gasteiger charge is 2.85. The van der Waals surface area contributed by atoms with Crippen LogP contribution in [0, 0.1) is 10.8 Å². The number of fused-ring (bicyclic) bond motifs is 2. The molecule has 0 aromatic heterocycles. The number of ether oxygens (including phenoxy) is 3. The summed E-state index contributed by atoms with van der Waals surface area (Å²) >= 11 is 0. The number of aliphatic hydroxyl groups excluding tert-OH is 2. The zero-order valence-corrected chi connectivity index (χ0v) is 13.7. The number of hydrogen-bond donors (Lipinski definition) is 2. The minimum Gasteiger partial charge on any atom is -0.457 e. The summed E-state index contributed by atoms with van der Waals surface area (Å²) in [6.45, 7) is 5.70. The van der Waals surface area contributed by atoms with Crippen LogP contribution in [0.25, 0.3) is 0 Å². The number of carbonyl (C=O) groups is 1. The summed E-state index contributed by atoms with van der Waals surface area (Å²) in [6, 6.07) is 0. The van der Waals surface area contributed by atoms with E-state index in [0.717, 1.165) is 6.42 Å². The summed E-state index contributed by atoms with van der Waals surface area (Å²) in [5.74, 6) is -0.447. The van der Waals surface area contributed by atoms with Crippen LogP contribution in [0.2, 0.25) is 0 Å². The molecule has 0 aromatic carbocycles. The van der Waals surface area contributed by atoms with Crippen LogP contribution in [-0.2, 0) is 19.0 Å². The summed E-state index contributed by atoms with van der Waals surface area (Å²) in [5, 5.41) is 21.4. The molecule has 0 amide bonds. The molecule has 6 heteroatoms. The Hall–Kier alpha value is -0.950. The van der Waals surface area contributed by atoms with Gasteiger partial charge in [0.05, 0.1) is 19.3 Å². The standard InChI is InChI=1S/C17H24O6/c1-9-4-5-16(7-18)11(6-9)23-14-12(22-10(2)19)13(20)15(16,3)17(14)8-21-17/h6,11-14,18,20H,4-5,7-8H2,1-3H3/t11-,12-,13-,14-,15-,16-,17+/m1/s1. The molecule has 4 rings (SSSR count). The maximum Gasteiger partial charge on any atom is 0.303 e. The third-order valence-corrected chi connectivity index (χ3v) is 6.85. The Labute approximate surface area is 135 Å². The van der Waals surface area contributed by atoms with Crippen LogP contribution < -0.4 is 0 Å². The smallest absolute Gasteiger partial charge is 0.303 e. The minimum absolute atomic E-state index is 0.0976. The molecule has 2 aliphatic carbocycles. The molecule has 6 nitrogen and oxygen atoms in total. The van der Waals surface area contributed by atoms with Crippen LogP contribution in [0.15, 0.2) is 11.6 Å². The van der Waals surface area contributed by atoms with E-state index in [1.54, 1.807) is 0 Å². The van der Waals surface area contributed by atoms with Gasteiger partial charge in [-0.15, -0.1) is 0 Å². The minimum atomic E-state index is -0.928. The number of aliphatic hydroxyl groups is 2. The van der Waals surface area contributed by atoms with E-state index in [1.807, 2.05) is 19.9 Å². The van der Waals surface area contributed by atoms with E-state index in [4.69, 9.17) is 14.2 Å². The quantitative estimate of drug-likeness (QED) is 0.438. The van der Waals surface area contributed by atoms with Gasteiger partial charge in [-0.3, -0.25) is 4.79 Å². The van der Waals surface area contributed by atoms with Crippen molar-refractivity contribution < 1.29 is 29.2 Å². The Kier molecular flexibility index (Phi) is 3.09. The Balaban J connectivity index is 1.86. The van der Waals surface area contributed by atoms with E-state index >= 15 is 0 Å². The molecule has 23 heavy (non-hydrogen) atoms. The van der Waals surface area contributed by atoms with Crippen molar-refractivity contribution in [1.29, 1.82) is 0 Å². The topological polar surface area (TPSA) is 88.5 Å². The normalized spacial score (nSPS) is 53.7. The van der Waals surface area contributed by atoms with E-state index in [1.165, 1.54) is 12.5 Å². The fourth-order valence-corrected chi connectivity index (χ4v) is 5.35. The molecule has 4 aliphatic rings. The molecule has 3 fully saturated rings. The van der Waals surface area contributed by atoms with E-state index in [2.05, 4.69) is 0 Å². The van der Waals surface area contributed by atoms with Gasteiger partial charge >= 0.3 is 5.97 Å². The lowest BCUT2D eigenvalue weighted by molar-refractivity contribution is -0.226. The average Bonchev–Trinajstić information content (AvgIpc) is 3.28. The predicted molar refractivity (Wildman–Crippen MR) is 79.5 cm³/mol. The molecule has 0 aromatic rings. The summed E-state index contributed by atoms with van der Waals surface area (Å²) in [4.78, 5) is 11.5. The van der Waals surface area contributed by atoms with Gasteiger partial charge in [0.2, 0.25) is 0 Å². The third-order valence-electron chi connectivity index (χ3n) is 6.85. The van der Waals surface area contributed by atoms with Crippen molar-refractivity contribution in [1.82, 2.24) is 0 Å². The summed E-state index contributed by atoms with van der Waals surface area (Å²) in [6.07, 6.45) is 1.12. The molecule has 2 saturated heterocycles. The maximum atomic E-state index is 11.5. The molecule has 2 bridgehead atoms. The van der Waals surface area contributed by atoms with E-state index in [0.29, 0.717) is 13.0 Å². The molecule has 0 unspecified atom stereocenters. The molecule has 1 saturated carbocycles. The second-order valence-electron chi connectivity index (χ2n) is 7.70. The Morgan fingerprint density at radius 2 is 2.22 bits per heavy atom. The molecule has 0 radical (unpaired) electrons. The van der Waals surface area contributed by atoms with Crippen LogP contribution in [0.1, 0.15) is 33.6 Å². The van der Waals surface area contributed by atoms with Crippen molar-refractivity contribution >= 4 is 5.97 Å². The number of allylic oxidation sites excluding steroid dienone is 1. The van der Waals surface area contributed by atoms with Gasteiger partial charge < -0.3 is 24.4 Å². The van der Waals surface area contributed by atoms with Gasteiger partial charge in [-0.2, -0.15) is 0 Å². The lowest BCUT2D eigenvalue weighted by Gasteiger charge is -2.57. The van der Waals surface area contributed by atoms with E-state index in [-0.39, 0.29) is 12.7 Å². The van der Waals surface area contributed by atoms with Crippen LogP contribution in [0.3, 0.4) is 0 Å².